The van der Waals surface area contributed by atoms with Crippen molar-refractivity contribution in [1.29, 1.82) is 0 Å². The van der Waals surface area contributed by atoms with Crippen molar-refractivity contribution >= 4 is 17.1 Å². The first-order chi connectivity index (χ1) is 8.97. The number of aromatic amines is 1. The van der Waals surface area contributed by atoms with Gasteiger partial charge in [-0.3, -0.25) is 4.98 Å². The Morgan fingerprint density at radius 1 is 1.37 bits per heavy atom. The molecule has 1 aliphatic carbocycles. The van der Waals surface area contributed by atoms with Gasteiger partial charge in [-0.15, -0.1) is 0 Å². The van der Waals surface area contributed by atoms with E-state index in [0.717, 1.165) is 35.5 Å². The normalized spacial score (nSPS) is 19.4. The molecule has 19 heavy (non-hydrogen) atoms. The molecule has 0 saturated heterocycles. The Morgan fingerprint density at radius 2 is 2.16 bits per heavy atom. The topological polar surface area (TPSA) is 28.7 Å². The number of H-pyrrole nitrogens is 1. The lowest BCUT2D eigenvalue weighted by atomic mass is 9.71. The number of fused-ring (bicyclic) bond motifs is 2. The summed E-state index contributed by atoms with van der Waals surface area (Å²) in [6.07, 6.45) is 5.37. The monoisotopic (exact) mass is 254 g/mol. The fourth-order valence-corrected chi connectivity index (χ4v) is 3.08. The van der Waals surface area contributed by atoms with E-state index in [1.165, 1.54) is 17.7 Å². The SMILES string of the molecule is C=Cc1cc2nc3c(cc2[nH]1)CC(C(C)(C)C)CC3. The number of rotatable bonds is 1. The smallest absolute Gasteiger partial charge is 0.0888 e. The van der Waals surface area contributed by atoms with Gasteiger partial charge in [0.2, 0.25) is 0 Å². The number of nitrogens with zero attached hydrogens (tertiary/aromatic N) is 1. The lowest BCUT2D eigenvalue weighted by Crippen LogP contribution is -2.27. The predicted octanol–water partition coefficient (Wildman–Crippen LogP) is 4.36. The lowest BCUT2D eigenvalue weighted by Gasteiger charge is -2.34. The molecular weight excluding hydrogens is 232 g/mol. The van der Waals surface area contributed by atoms with Crippen LogP contribution in [0.3, 0.4) is 0 Å². The van der Waals surface area contributed by atoms with Crippen LogP contribution in [0.4, 0.5) is 0 Å². The Kier molecular flexibility index (Phi) is 2.77. The predicted molar refractivity (Wildman–Crippen MR) is 81.2 cm³/mol. The molecular formula is C17H22N2. The number of hydrogen-bond acceptors (Lipinski definition) is 1. The Morgan fingerprint density at radius 3 is 2.84 bits per heavy atom. The van der Waals surface area contributed by atoms with Gasteiger partial charge in [0.15, 0.2) is 0 Å². The summed E-state index contributed by atoms with van der Waals surface area (Å²) in [6, 6.07) is 4.38. The van der Waals surface area contributed by atoms with Gasteiger partial charge in [0.25, 0.3) is 0 Å². The summed E-state index contributed by atoms with van der Waals surface area (Å²) in [5, 5.41) is 0. The third-order valence-electron chi connectivity index (χ3n) is 4.43. The second kappa shape index (κ2) is 4.22. The molecule has 1 aliphatic rings. The third kappa shape index (κ3) is 2.20. The first-order valence-electron chi connectivity index (χ1n) is 7.11. The minimum Gasteiger partial charge on any atom is -0.354 e. The Balaban J connectivity index is 2.02. The van der Waals surface area contributed by atoms with Gasteiger partial charge < -0.3 is 4.98 Å². The molecule has 2 aromatic rings. The zero-order valence-corrected chi connectivity index (χ0v) is 12.1. The molecule has 0 fully saturated rings. The largest absolute Gasteiger partial charge is 0.354 e. The van der Waals surface area contributed by atoms with E-state index in [2.05, 4.69) is 44.5 Å². The molecule has 1 atom stereocenters. The van der Waals surface area contributed by atoms with Gasteiger partial charge in [0.1, 0.15) is 0 Å². The average Bonchev–Trinajstić information content (AvgIpc) is 2.75. The highest BCUT2D eigenvalue weighted by molar-refractivity contribution is 5.79. The van der Waals surface area contributed by atoms with Gasteiger partial charge >= 0.3 is 0 Å². The van der Waals surface area contributed by atoms with E-state index in [1.54, 1.807) is 0 Å². The maximum absolute atomic E-state index is 4.82. The number of hydrogen-bond donors (Lipinski definition) is 1. The van der Waals surface area contributed by atoms with Crippen LogP contribution < -0.4 is 0 Å². The maximum atomic E-state index is 4.82. The van der Waals surface area contributed by atoms with Crippen molar-refractivity contribution in [2.75, 3.05) is 0 Å². The van der Waals surface area contributed by atoms with Crippen molar-refractivity contribution in [3.63, 3.8) is 0 Å². The molecule has 2 aromatic heterocycles. The van der Waals surface area contributed by atoms with Crippen LogP contribution in [0.1, 0.15) is 44.1 Å². The summed E-state index contributed by atoms with van der Waals surface area (Å²) in [7, 11) is 0. The standard InChI is InChI=1S/C17H22N2/c1-5-13-10-16-15(18-13)9-11-8-12(17(2,3)4)6-7-14(11)19-16/h5,9-10,12,18H,1,6-8H2,2-4H3. The van der Waals surface area contributed by atoms with E-state index in [0.29, 0.717) is 5.41 Å². The van der Waals surface area contributed by atoms with Gasteiger partial charge in [-0.25, -0.2) is 0 Å². The van der Waals surface area contributed by atoms with Gasteiger partial charge in [0, 0.05) is 11.4 Å². The number of nitrogens with one attached hydrogen (secondary N) is 1. The van der Waals surface area contributed by atoms with Crippen molar-refractivity contribution in [2.24, 2.45) is 11.3 Å². The molecule has 0 saturated carbocycles. The van der Waals surface area contributed by atoms with E-state index >= 15 is 0 Å². The number of aromatic nitrogens is 2. The maximum Gasteiger partial charge on any atom is 0.0888 e. The Bertz CT molecular complexity index is 628. The zero-order valence-electron chi connectivity index (χ0n) is 12.1. The summed E-state index contributed by atoms with van der Waals surface area (Å²) in [5.74, 6) is 0.757. The number of aryl methyl sites for hydroxylation is 1. The highest BCUT2D eigenvalue weighted by atomic mass is 14.8. The highest BCUT2D eigenvalue weighted by Gasteiger charge is 2.29. The second-order valence-corrected chi connectivity index (χ2v) is 6.76. The summed E-state index contributed by atoms with van der Waals surface area (Å²) >= 11 is 0. The average molecular weight is 254 g/mol. The van der Waals surface area contributed by atoms with E-state index in [-0.39, 0.29) is 0 Å². The summed E-state index contributed by atoms with van der Waals surface area (Å²) in [4.78, 5) is 8.19. The summed E-state index contributed by atoms with van der Waals surface area (Å²) < 4.78 is 0. The fraction of sp³-hybridized carbons (Fsp3) is 0.471. The van der Waals surface area contributed by atoms with Crippen LogP contribution >= 0.6 is 0 Å². The molecule has 2 nitrogen and oxygen atoms in total. The Hall–Kier alpha value is -1.57. The third-order valence-corrected chi connectivity index (χ3v) is 4.43. The molecule has 0 spiro atoms. The van der Waals surface area contributed by atoms with E-state index in [1.807, 2.05) is 6.08 Å². The summed E-state index contributed by atoms with van der Waals surface area (Å²) in [6.45, 7) is 10.8. The second-order valence-electron chi connectivity index (χ2n) is 6.76. The quantitative estimate of drug-likeness (QED) is 0.805. The van der Waals surface area contributed by atoms with Gasteiger partial charge in [-0.05, 0) is 54.4 Å². The van der Waals surface area contributed by atoms with E-state index in [9.17, 15) is 0 Å². The van der Waals surface area contributed by atoms with Gasteiger partial charge in [0.05, 0.1) is 11.0 Å². The molecule has 0 radical (unpaired) electrons. The lowest BCUT2D eigenvalue weighted by molar-refractivity contribution is 0.215. The Labute approximate surface area is 114 Å². The molecule has 2 heteroatoms. The molecule has 0 aliphatic heterocycles. The van der Waals surface area contributed by atoms with Crippen LogP contribution in [-0.4, -0.2) is 9.97 Å². The van der Waals surface area contributed by atoms with Crippen molar-refractivity contribution in [2.45, 2.75) is 40.0 Å². The molecule has 1 unspecified atom stereocenters. The molecule has 3 rings (SSSR count). The molecule has 100 valence electrons. The van der Waals surface area contributed by atoms with Crippen molar-refractivity contribution < 1.29 is 0 Å². The van der Waals surface area contributed by atoms with Crippen molar-refractivity contribution in [3.05, 3.63) is 35.7 Å². The van der Waals surface area contributed by atoms with E-state index < -0.39 is 0 Å². The zero-order chi connectivity index (χ0) is 13.6. The number of pyridine rings is 1. The van der Waals surface area contributed by atoms with Crippen LogP contribution in [0, 0.1) is 11.3 Å². The molecule has 2 heterocycles. The first kappa shape index (κ1) is 12.5. The minimum absolute atomic E-state index is 0.384. The van der Waals surface area contributed by atoms with Gasteiger partial charge in [-0.1, -0.05) is 27.4 Å². The van der Waals surface area contributed by atoms with Crippen LogP contribution in [0.2, 0.25) is 0 Å². The fourth-order valence-electron chi connectivity index (χ4n) is 3.08. The summed E-state index contributed by atoms with van der Waals surface area (Å²) in [5.41, 5.74) is 6.37. The minimum atomic E-state index is 0.384. The molecule has 1 N–H and O–H groups in total. The van der Waals surface area contributed by atoms with Gasteiger partial charge in [-0.2, -0.15) is 0 Å². The van der Waals surface area contributed by atoms with E-state index in [4.69, 9.17) is 4.98 Å². The van der Waals surface area contributed by atoms with Crippen molar-refractivity contribution in [1.82, 2.24) is 9.97 Å². The van der Waals surface area contributed by atoms with Crippen molar-refractivity contribution in [3.8, 4) is 0 Å². The molecule has 0 aromatic carbocycles. The van der Waals surface area contributed by atoms with Crippen LogP contribution in [0.15, 0.2) is 18.7 Å². The molecule has 0 amide bonds. The first-order valence-corrected chi connectivity index (χ1v) is 7.11. The van der Waals surface area contributed by atoms with Crippen LogP contribution in [0.5, 0.6) is 0 Å². The molecule has 0 bridgehead atoms. The van der Waals surface area contributed by atoms with Crippen LogP contribution in [0.25, 0.3) is 17.1 Å². The van der Waals surface area contributed by atoms with Crippen LogP contribution in [-0.2, 0) is 12.8 Å². The highest BCUT2D eigenvalue weighted by Crippen LogP contribution is 2.37.